The highest BCUT2D eigenvalue weighted by molar-refractivity contribution is 5.94. The fourth-order valence-electron chi connectivity index (χ4n) is 7.98. The predicted molar refractivity (Wildman–Crippen MR) is 133 cm³/mol. The molecule has 216 valence electrons. The van der Waals surface area contributed by atoms with Crippen molar-refractivity contribution in [2.75, 3.05) is 0 Å². The number of ether oxygens (including phenoxy) is 5. The molecule has 1 heterocycles. The third-order valence-electron chi connectivity index (χ3n) is 9.69. The molecule has 1 saturated heterocycles. The molecule has 0 aromatic rings. The molecule has 1 spiro atoms. The second-order valence-electron chi connectivity index (χ2n) is 12.2. The van der Waals surface area contributed by atoms with E-state index in [1.807, 2.05) is 13.8 Å². The zero-order valence-corrected chi connectivity index (χ0v) is 23.7. The van der Waals surface area contributed by atoms with Gasteiger partial charge in [0.2, 0.25) is 0 Å². The highest BCUT2D eigenvalue weighted by atomic mass is 16.7. The lowest BCUT2D eigenvalue weighted by atomic mass is 9.45. The van der Waals surface area contributed by atoms with Gasteiger partial charge in [-0.2, -0.15) is 0 Å². The summed E-state index contributed by atoms with van der Waals surface area (Å²) < 4.78 is 29.9. The van der Waals surface area contributed by atoms with Crippen LogP contribution in [0.2, 0.25) is 0 Å². The van der Waals surface area contributed by atoms with E-state index in [9.17, 15) is 29.1 Å². The second-order valence-corrected chi connectivity index (χ2v) is 12.2. The predicted octanol–water partition coefficient (Wildman–Crippen LogP) is 1.81. The van der Waals surface area contributed by atoms with Crippen LogP contribution in [0.5, 0.6) is 0 Å². The summed E-state index contributed by atoms with van der Waals surface area (Å²) in [7, 11) is 0. The Kier molecular flexibility index (Phi) is 6.83. The van der Waals surface area contributed by atoms with Crippen molar-refractivity contribution in [1.82, 2.24) is 0 Å². The van der Waals surface area contributed by atoms with Crippen LogP contribution >= 0.6 is 0 Å². The molecule has 2 bridgehead atoms. The number of aliphatic hydroxyl groups is 1. The standard InChI is InChI=1S/C28H38O11/c1-12-18(33)11-20(35-13(2)29)26(8)21(12)22(36-14(3)30)17-10-19(34)27(9)28(39-27,25(17,6)7)24(38-16(5)32)23(26)37-15(4)31/h17-18,20-24,33H,1,10-11H2,2-9H3/t17-,18-,20-,21-,22+,23-,24-,26+,27+,28-/m0/s1. The first-order valence-electron chi connectivity index (χ1n) is 13.1. The number of carbonyl (C=O) groups excluding carboxylic acids is 5. The van der Waals surface area contributed by atoms with E-state index in [2.05, 4.69) is 6.58 Å². The van der Waals surface area contributed by atoms with Gasteiger partial charge in [0.25, 0.3) is 0 Å². The minimum Gasteiger partial charge on any atom is -0.462 e. The number of hydrogen-bond acceptors (Lipinski definition) is 11. The van der Waals surface area contributed by atoms with Crippen LogP contribution in [0.15, 0.2) is 12.2 Å². The molecule has 4 rings (SSSR count). The average molecular weight is 551 g/mol. The van der Waals surface area contributed by atoms with Gasteiger partial charge in [-0.05, 0) is 12.5 Å². The highest BCUT2D eigenvalue weighted by Gasteiger charge is 2.88. The number of carbonyl (C=O) groups is 5. The normalized spacial score (nSPS) is 44.0. The maximum atomic E-state index is 13.7. The summed E-state index contributed by atoms with van der Waals surface area (Å²) in [6.45, 7) is 15.9. The Bertz CT molecular complexity index is 1140. The summed E-state index contributed by atoms with van der Waals surface area (Å²) in [6, 6.07) is 0. The SMILES string of the molecule is C=C1[C@@H](O)C[C@H](OC(C)=O)[C@@]2(C)[C@@H](OC(C)=O)[C@H](OC(C)=O)[C@@]34O[C@]3(C)C(=O)C[C@@H]([C@@H](OC(C)=O)[C@H]12)C4(C)C. The van der Waals surface area contributed by atoms with Gasteiger partial charge in [-0.1, -0.05) is 27.4 Å². The Balaban J connectivity index is 2.11. The smallest absolute Gasteiger partial charge is 0.303 e. The van der Waals surface area contributed by atoms with Crippen molar-refractivity contribution < 1.29 is 52.8 Å². The maximum absolute atomic E-state index is 13.7. The number of aliphatic hydroxyl groups excluding tert-OH is 1. The van der Waals surface area contributed by atoms with Gasteiger partial charge in [0.1, 0.15) is 12.2 Å². The lowest BCUT2D eigenvalue weighted by molar-refractivity contribution is -0.250. The Morgan fingerprint density at radius 1 is 0.872 bits per heavy atom. The summed E-state index contributed by atoms with van der Waals surface area (Å²) in [5.41, 5.74) is -5.04. The molecular weight excluding hydrogens is 512 g/mol. The maximum Gasteiger partial charge on any atom is 0.303 e. The first-order chi connectivity index (χ1) is 17.9. The van der Waals surface area contributed by atoms with E-state index in [1.54, 1.807) is 13.8 Å². The Hall–Kier alpha value is -2.79. The van der Waals surface area contributed by atoms with E-state index in [0.29, 0.717) is 0 Å². The molecule has 11 nitrogen and oxygen atoms in total. The van der Waals surface area contributed by atoms with E-state index < -0.39 is 88.3 Å². The van der Waals surface area contributed by atoms with Crippen molar-refractivity contribution in [3.05, 3.63) is 12.2 Å². The molecule has 0 amide bonds. The number of epoxide rings is 1. The van der Waals surface area contributed by atoms with Gasteiger partial charge in [-0.25, -0.2) is 0 Å². The van der Waals surface area contributed by atoms with Gasteiger partial charge < -0.3 is 28.8 Å². The average Bonchev–Trinajstić information content (AvgIpc) is 3.45. The first-order valence-corrected chi connectivity index (χ1v) is 13.1. The fourth-order valence-corrected chi connectivity index (χ4v) is 7.98. The van der Waals surface area contributed by atoms with Gasteiger partial charge in [-0.15, -0.1) is 0 Å². The number of fused-ring (bicyclic) bond motifs is 2. The van der Waals surface area contributed by atoms with Crippen molar-refractivity contribution in [2.24, 2.45) is 22.7 Å². The molecule has 0 radical (unpaired) electrons. The third-order valence-corrected chi connectivity index (χ3v) is 9.69. The summed E-state index contributed by atoms with van der Waals surface area (Å²) in [5.74, 6) is -4.68. The molecule has 3 saturated carbocycles. The van der Waals surface area contributed by atoms with Crippen molar-refractivity contribution in [3.63, 3.8) is 0 Å². The zero-order chi connectivity index (χ0) is 29.5. The van der Waals surface area contributed by atoms with Crippen LogP contribution in [0.3, 0.4) is 0 Å². The molecule has 0 aromatic carbocycles. The van der Waals surface area contributed by atoms with Gasteiger partial charge in [-0.3, -0.25) is 24.0 Å². The number of hydrogen-bond donors (Lipinski definition) is 1. The molecule has 11 heteroatoms. The minimum absolute atomic E-state index is 0.0393. The number of ketones is 1. The van der Waals surface area contributed by atoms with Crippen LogP contribution in [-0.4, -0.2) is 76.5 Å². The molecule has 4 aliphatic rings. The summed E-state index contributed by atoms with van der Waals surface area (Å²) >= 11 is 0. The van der Waals surface area contributed by atoms with Crippen LogP contribution in [0, 0.1) is 22.7 Å². The second kappa shape index (κ2) is 9.12. The quantitative estimate of drug-likeness (QED) is 0.236. The van der Waals surface area contributed by atoms with E-state index in [1.165, 1.54) is 27.7 Å². The van der Waals surface area contributed by atoms with E-state index in [4.69, 9.17) is 23.7 Å². The monoisotopic (exact) mass is 550 g/mol. The van der Waals surface area contributed by atoms with Crippen molar-refractivity contribution >= 4 is 29.7 Å². The van der Waals surface area contributed by atoms with Crippen LogP contribution in [-0.2, 0) is 47.7 Å². The van der Waals surface area contributed by atoms with E-state index in [0.717, 1.165) is 0 Å². The van der Waals surface area contributed by atoms with Crippen LogP contribution in [0.25, 0.3) is 0 Å². The molecule has 4 fully saturated rings. The van der Waals surface area contributed by atoms with E-state index in [-0.39, 0.29) is 24.2 Å². The Labute approximate surface area is 227 Å². The topological polar surface area (TPSA) is 155 Å². The molecule has 39 heavy (non-hydrogen) atoms. The molecular formula is C28H38O11. The van der Waals surface area contributed by atoms with Crippen LogP contribution in [0.1, 0.15) is 68.2 Å². The van der Waals surface area contributed by atoms with Crippen LogP contribution < -0.4 is 0 Å². The third kappa shape index (κ3) is 3.95. The first kappa shape index (κ1) is 29.2. The summed E-state index contributed by atoms with van der Waals surface area (Å²) in [5, 5.41) is 11.1. The molecule has 10 atom stereocenters. The fraction of sp³-hybridized carbons (Fsp3) is 0.750. The lowest BCUT2D eigenvalue weighted by Crippen LogP contribution is -2.73. The molecule has 1 aliphatic heterocycles. The van der Waals surface area contributed by atoms with E-state index >= 15 is 0 Å². The number of Topliss-reactive ketones (excluding diaryl/α,β-unsaturated/α-hetero) is 1. The van der Waals surface area contributed by atoms with Crippen LogP contribution in [0.4, 0.5) is 0 Å². The van der Waals surface area contributed by atoms with Gasteiger partial charge >= 0.3 is 23.9 Å². The number of rotatable bonds is 4. The van der Waals surface area contributed by atoms with Crippen molar-refractivity contribution in [1.29, 1.82) is 0 Å². The number of esters is 4. The molecule has 1 N–H and O–H groups in total. The Morgan fingerprint density at radius 2 is 1.38 bits per heavy atom. The molecule has 3 aliphatic carbocycles. The largest absolute Gasteiger partial charge is 0.462 e. The van der Waals surface area contributed by atoms with Crippen molar-refractivity contribution in [3.8, 4) is 0 Å². The highest BCUT2D eigenvalue weighted by Crippen LogP contribution is 2.72. The van der Waals surface area contributed by atoms with Gasteiger partial charge in [0, 0.05) is 57.8 Å². The summed E-state index contributed by atoms with van der Waals surface area (Å²) in [4.78, 5) is 63.7. The Morgan fingerprint density at radius 3 is 1.90 bits per heavy atom. The van der Waals surface area contributed by atoms with Crippen molar-refractivity contribution in [2.45, 2.75) is 110 Å². The molecule has 0 aromatic heterocycles. The minimum atomic E-state index is -1.48. The summed E-state index contributed by atoms with van der Waals surface area (Å²) in [6.07, 6.45) is -6.13. The molecule has 0 unspecified atom stereocenters. The lowest BCUT2D eigenvalue weighted by Gasteiger charge is -2.61. The zero-order valence-electron chi connectivity index (χ0n) is 23.7. The van der Waals surface area contributed by atoms with Gasteiger partial charge in [0.15, 0.2) is 29.2 Å². The van der Waals surface area contributed by atoms with Gasteiger partial charge in [0.05, 0.1) is 11.5 Å².